The second-order valence-electron chi connectivity index (χ2n) is 9.64. The topological polar surface area (TPSA) is 126 Å². The molecule has 198 valence electrons. The van der Waals surface area contributed by atoms with Crippen molar-refractivity contribution in [2.75, 3.05) is 30.4 Å². The molecular formula is C24H27Cl2N5O5S. The molecule has 4 rings (SSSR count). The number of carbonyl (C=O) groups is 3. The average Bonchev–Trinajstić information content (AvgIpc) is 3.50. The number of benzene rings is 1. The van der Waals surface area contributed by atoms with Crippen LogP contribution in [0.2, 0.25) is 10.0 Å². The molecule has 1 aromatic carbocycles. The SMILES string of the molecule is COC(=O)c1cc(N2CC[C@H](NC(=O)OC(C)(C)C)C2)c2nc(NC(=O)c3[nH]c(C)c(Cl)c3Cl)sc2c1. The predicted octanol–water partition coefficient (Wildman–Crippen LogP) is 5.38. The second kappa shape index (κ2) is 10.4. The zero-order valence-electron chi connectivity index (χ0n) is 21.0. The van der Waals surface area contributed by atoms with E-state index in [0.29, 0.717) is 51.8 Å². The number of hydrogen-bond donors (Lipinski definition) is 3. The average molecular weight is 568 g/mol. The third kappa shape index (κ3) is 5.94. The van der Waals surface area contributed by atoms with Gasteiger partial charge in [0.1, 0.15) is 16.8 Å². The molecule has 3 heterocycles. The molecule has 0 radical (unpaired) electrons. The van der Waals surface area contributed by atoms with Crippen LogP contribution < -0.4 is 15.5 Å². The number of methoxy groups -OCH3 is 1. The van der Waals surface area contributed by atoms with Gasteiger partial charge in [-0.1, -0.05) is 34.5 Å². The quantitative estimate of drug-likeness (QED) is 0.353. The van der Waals surface area contributed by atoms with Gasteiger partial charge >= 0.3 is 12.1 Å². The Balaban J connectivity index is 1.61. The van der Waals surface area contributed by atoms with Crippen LogP contribution in [0, 0.1) is 6.92 Å². The highest BCUT2D eigenvalue weighted by Crippen LogP contribution is 2.37. The Labute approximate surface area is 227 Å². The standard InChI is InChI=1S/C24H27Cl2N5O5S/c1-11-16(25)17(26)19(27-11)20(32)30-22-29-18-14(8-12(21(33)35-5)9-15(18)37-22)31-7-6-13(10-31)28-23(34)36-24(2,3)4/h8-9,13,27H,6-7,10H2,1-5H3,(H,28,34)(H,29,30,32)/t13-/m0/s1. The lowest BCUT2D eigenvalue weighted by atomic mass is 10.1. The first-order valence-corrected chi connectivity index (χ1v) is 13.1. The van der Waals surface area contributed by atoms with Crippen molar-refractivity contribution in [3.63, 3.8) is 0 Å². The molecule has 3 N–H and O–H groups in total. The zero-order chi connectivity index (χ0) is 27.1. The van der Waals surface area contributed by atoms with Gasteiger partial charge in [-0.05, 0) is 46.2 Å². The number of H-pyrrole nitrogens is 1. The number of aromatic nitrogens is 2. The Morgan fingerprint density at radius 1 is 1.22 bits per heavy atom. The molecule has 1 aliphatic heterocycles. The number of nitrogens with zero attached hydrogens (tertiary/aromatic N) is 2. The largest absolute Gasteiger partial charge is 0.465 e. The minimum absolute atomic E-state index is 0.132. The second-order valence-corrected chi connectivity index (χ2v) is 11.4. The van der Waals surface area contributed by atoms with Crippen molar-refractivity contribution in [1.82, 2.24) is 15.3 Å². The maximum absolute atomic E-state index is 12.8. The normalized spacial score (nSPS) is 15.6. The van der Waals surface area contributed by atoms with Crippen LogP contribution in [-0.4, -0.2) is 59.8 Å². The van der Waals surface area contributed by atoms with E-state index in [1.54, 1.807) is 39.8 Å². The summed E-state index contributed by atoms with van der Waals surface area (Å²) in [5.74, 6) is -0.982. The number of anilines is 2. The summed E-state index contributed by atoms with van der Waals surface area (Å²) in [6.07, 6.45) is 0.201. The van der Waals surface area contributed by atoms with E-state index in [-0.39, 0.29) is 21.8 Å². The van der Waals surface area contributed by atoms with Crippen LogP contribution in [0.25, 0.3) is 10.2 Å². The van der Waals surface area contributed by atoms with Gasteiger partial charge in [0, 0.05) is 18.8 Å². The molecule has 3 aromatic rings. The first kappa shape index (κ1) is 27.0. The molecular weight excluding hydrogens is 541 g/mol. The number of aromatic amines is 1. The van der Waals surface area contributed by atoms with E-state index in [0.717, 1.165) is 0 Å². The minimum atomic E-state index is -0.598. The van der Waals surface area contributed by atoms with E-state index >= 15 is 0 Å². The number of rotatable bonds is 5. The molecule has 2 amide bonds. The molecule has 37 heavy (non-hydrogen) atoms. The Morgan fingerprint density at radius 3 is 2.57 bits per heavy atom. The van der Waals surface area contributed by atoms with Crippen LogP contribution in [0.1, 0.15) is 53.7 Å². The van der Waals surface area contributed by atoms with Gasteiger partial charge in [-0.15, -0.1) is 0 Å². The number of amides is 2. The molecule has 1 fully saturated rings. The van der Waals surface area contributed by atoms with Gasteiger partial charge in [0.05, 0.1) is 39.1 Å². The van der Waals surface area contributed by atoms with Crippen LogP contribution in [0.3, 0.4) is 0 Å². The van der Waals surface area contributed by atoms with E-state index in [2.05, 4.69) is 20.6 Å². The molecule has 1 atom stereocenters. The van der Waals surface area contributed by atoms with Crippen molar-refractivity contribution in [3.8, 4) is 0 Å². The lowest BCUT2D eigenvalue weighted by Crippen LogP contribution is -2.40. The van der Waals surface area contributed by atoms with Gasteiger partial charge in [-0.3, -0.25) is 10.1 Å². The van der Waals surface area contributed by atoms with Crippen molar-refractivity contribution < 1.29 is 23.9 Å². The summed E-state index contributed by atoms with van der Waals surface area (Å²) in [4.78, 5) is 47.0. The van der Waals surface area contributed by atoms with Gasteiger partial charge in [-0.25, -0.2) is 14.6 Å². The number of hydrogen-bond acceptors (Lipinski definition) is 8. The summed E-state index contributed by atoms with van der Waals surface area (Å²) >= 11 is 13.5. The fourth-order valence-electron chi connectivity index (χ4n) is 4.00. The van der Waals surface area contributed by atoms with E-state index < -0.39 is 23.6 Å². The van der Waals surface area contributed by atoms with Crippen molar-refractivity contribution in [2.45, 2.75) is 45.8 Å². The van der Waals surface area contributed by atoms with E-state index in [1.807, 2.05) is 4.90 Å². The zero-order valence-corrected chi connectivity index (χ0v) is 23.3. The number of aryl methyl sites for hydroxylation is 1. The van der Waals surface area contributed by atoms with Gasteiger partial charge in [0.15, 0.2) is 5.13 Å². The summed E-state index contributed by atoms with van der Waals surface area (Å²) in [6.45, 7) is 8.25. The summed E-state index contributed by atoms with van der Waals surface area (Å²) in [5, 5.41) is 6.39. The van der Waals surface area contributed by atoms with E-state index in [9.17, 15) is 14.4 Å². The van der Waals surface area contributed by atoms with Crippen molar-refractivity contribution >= 4 is 73.5 Å². The lowest BCUT2D eigenvalue weighted by Gasteiger charge is -2.23. The third-order valence-corrected chi connectivity index (χ3v) is 7.51. The van der Waals surface area contributed by atoms with Crippen LogP contribution in [0.5, 0.6) is 0 Å². The summed E-state index contributed by atoms with van der Waals surface area (Å²) < 4.78 is 11.0. The van der Waals surface area contributed by atoms with E-state index in [4.69, 9.17) is 32.7 Å². The van der Waals surface area contributed by atoms with Crippen molar-refractivity contribution in [3.05, 3.63) is 39.1 Å². The molecule has 13 heteroatoms. The highest BCUT2D eigenvalue weighted by molar-refractivity contribution is 7.22. The number of carbonyl (C=O) groups excluding carboxylic acids is 3. The first-order chi connectivity index (χ1) is 17.4. The molecule has 2 aromatic heterocycles. The van der Waals surface area contributed by atoms with Crippen LogP contribution >= 0.6 is 34.5 Å². The van der Waals surface area contributed by atoms with E-state index in [1.165, 1.54) is 18.4 Å². The minimum Gasteiger partial charge on any atom is -0.465 e. The van der Waals surface area contributed by atoms with Gasteiger partial charge in [0.25, 0.3) is 5.91 Å². The molecule has 0 bridgehead atoms. The fourth-order valence-corrected chi connectivity index (χ4v) is 5.34. The van der Waals surface area contributed by atoms with Crippen molar-refractivity contribution in [1.29, 1.82) is 0 Å². The van der Waals surface area contributed by atoms with Gasteiger partial charge < -0.3 is 24.7 Å². The van der Waals surface area contributed by atoms with Crippen molar-refractivity contribution in [2.24, 2.45) is 0 Å². The highest BCUT2D eigenvalue weighted by atomic mass is 35.5. The Kier molecular flexibility index (Phi) is 7.59. The Morgan fingerprint density at radius 2 is 1.95 bits per heavy atom. The number of alkyl carbamates (subject to hydrolysis) is 1. The molecule has 0 aliphatic carbocycles. The summed E-state index contributed by atoms with van der Waals surface area (Å²) in [5.41, 5.74) is 1.77. The Hall–Kier alpha value is -3.02. The van der Waals surface area contributed by atoms with Gasteiger partial charge in [0.2, 0.25) is 0 Å². The number of esters is 1. The monoisotopic (exact) mass is 567 g/mol. The number of ether oxygens (including phenoxy) is 2. The number of fused-ring (bicyclic) bond motifs is 1. The third-order valence-electron chi connectivity index (χ3n) is 5.65. The summed E-state index contributed by atoms with van der Waals surface area (Å²) in [6, 6.07) is 3.24. The molecule has 10 nitrogen and oxygen atoms in total. The smallest absolute Gasteiger partial charge is 0.407 e. The van der Waals surface area contributed by atoms with Crippen LogP contribution in [0.4, 0.5) is 15.6 Å². The molecule has 1 saturated heterocycles. The molecule has 0 unspecified atom stereocenters. The molecule has 0 spiro atoms. The summed E-state index contributed by atoms with van der Waals surface area (Å²) in [7, 11) is 1.31. The maximum atomic E-state index is 12.8. The maximum Gasteiger partial charge on any atom is 0.407 e. The lowest BCUT2D eigenvalue weighted by molar-refractivity contribution is 0.0508. The first-order valence-electron chi connectivity index (χ1n) is 11.5. The number of halogens is 2. The molecule has 0 saturated carbocycles. The van der Waals surface area contributed by atoms with Gasteiger partial charge in [-0.2, -0.15) is 0 Å². The highest BCUT2D eigenvalue weighted by Gasteiger charge is 2.29. The molecule has 1 aliphatic rings. The number of thiazole rings is 1. The van der Waals surface area contributed by atoms with Crippen LogP contribution in [-0.2, 0) is 9.47 Å². The fraction of sp³-hybridized carbons (Fsp3) is 0.417. The van der Waals surface area contributed by atoms with Crippen LogP contribution in [0.15, 0.2) is 12.1 Å². The predicted molar refractivity (Wildman–Crippen MR) is 144 cm³/mol. The Bertz CT molecular complexity index is 1380. The number of nitrogens with one attached hydrogen (secondary N) is 3.